The average molecular weight is 779 g/mol. The second-order valence-electron chi connectivity index (χ2n) is 15.7. The zero-order valence-electron chi connectivity index (χ0n) is 33.2. The minimum absolute atomic E-state index is 0.886. The molecule has 0 aliphatic rings. The lowest BCUT2D eigenvalue weighted by Crippen LogP contribution is -2.10. The summed E-state index contributed by atoms with van der Waals surface area (Å²) in [6.45, 7) is 0. The number of furan rings is 1. The molecular weight excluding hydrogens is 741 g/mol. The summed E-state index contributed by atoms with van der Waals surface area (Å²) < 4.78 is 9.01. The summed E-state index contributed by atoms with van der Waals surface area (Å²) >= 11 is 0. The molecule has 2 aromatic heterocycles. The monoisotopic (exact) mass is 778 g/mol. The molecule has 286 valence electrons. The Labute approximate surface area is 353 Å². The van der Waals surface area contributed by atoms with Crippen LogP contribution in [0.25, 0.3) is 93.6 Å². The van der Waals surface area contributed by atoms with Crippen LogP contribution in [-0.2, 0) is 0 Å². The van der Waals surface area contributed by atoms with Gasteiger partial charge >= 0.3 is 0 Å². The normalized spacial score (nSPS) is 11.6. The molecule has 12 aromatic rings. The van der Waals surface area contributed by atoms with Gasteiger partial charge in [0.25, 0.3) is 0 Å². The minimum atomic E-state index is 0.886. The predicted molar refractivity (Wildman–Crippen MR) is 257 cm³/mol. The van der Waals surface area contributed by atoms with E-state index in [1.807, 2.05) is 0 Å². The summed E-state index contributed by atoms with van der Waals surface area (Å²) in [6.07, 6.45) is 0. The molecule has 0 aliphatic heterocycles. The van der Waals surface area contributed by atoms with Gasteiger partial charge in [-0.25, -0.2) is 0 Å². The van der Waals surface area contributed by atoms with Crippen molar-refractivity contribution in [2.45, 2.75) is 0 Å². The summed E-state index contributed by atoms with van der Waals surface area (Å²) in [4.78, 5) is 2.38. The molecule has 0 spiro atoms. The molecule has 61 heavy (non-hydrogen) atoms. The van der Waals surface area contributed by atoms with E-state index < -0.39 is 0 Å². The summed E-state index contributed by atoms with van der Waals surface area (Å²) in [6, 6.07) is 82.9. The van der Waals surface area contributed by atoms with Crippen molar-refractivity contribution >= 4 is 71.6 Å². The largest absolute Gasteiger partial charge is 0.455 e. The van der Waals surface area contributed by atoms with E-state index in [0.29, 0.717) is 0 Å². The molecule has 0 amide bonds. The molecular formula is C58H38N2O. The number of benzene rings is 10. The highest BCUT2D eigenvalue weighted by molar-refractivity contribution is 6.19. The molecule has 0 bridgehead atoms. The number of para-hydroxylation sites is 2. The van der Waals surface area contributed by atoms with E-state index in [1.165, 1.54) is 49.4 Å². The topological polar surface area (TPSA) is 21.3 Å². The van der Waals surface area contributed by atoms with Crippen molar-refractivity contribution in [3.8, 4) is 39.1 Å². The standard InChI is InChI=1S/C58H38N2O/c1-2-13-39(14-3-1)40-27-29-41(30-28-40)42-31-34-45(35-32-42)59(47-18-11-19-48(38-47)60-54-24-8-6-21-51(54)52-22-7-9-25-55(52)60)46-17-10-16-44(37-46)49-23-12-26-56-57(49)53-36-33-43-15-4-5-20-50(43)58(53)61-56/h1-38H. The Bertz CT molecular complexity index is 3520. The second kappa shape index (κ2) is 14.3. The quantitative estimate of drug-likeness (QED) is 0.161. The van der Waals surface area contributed by atoms with Crippen LogP contribution in [0, 0.1) is 0 Å². The number of aromatic nitrogens is 1. The van der Waals surface area contributed by atoms with E-state index >= 15 is 0 Å². The highest BCUT2D eigenvalue weighted by Crippen LogP contribution is 2.43. The van der Waals surface area contributed by atoms with Crippen LogP contribution in [0.5, 0.6) is 0 Å². The van der Waals surface area contributed by atoms with Crippen LogP contribution in [0.3, 0.4) is 0 Å². The van der Waals surface area contributed by atoms with Gasteiger partial charge in [-0.3, -0.25) is 0 Å². The first-order valence-corrected chi connectivity index (χ1v) is 20.8. The Hall–Kier alpha value is -8.14. The molecule has 0 N–H and O–H groups in total. The van der Waals surface area contributed by atoms with Gasteiger partial charge in [-0.15, -0.1) is 0 Å². The van der Waals surface area contributed by atoms with Crippen molar-refractivity contribution in [1.82, 2.24) is 4.57 Å². The Morgan fingerprint density at radius 2 is 0.902 bits per heavy atom. The van der Waals surface area contributed by atoms with E-state index in [2.05, 4.69) is 240 Å². The third-order valence-electron chi connectivity index (χ3n) is 12.2. The maximum atomic E-state index is 6.62. The van der Waals surface area contributed by atoms with Crippen molar-refractivity contribution in [2.24, 2.45) is 0 Å². The van der Waals surface area contributed by atoms with Crippen LogP contribution in [0.15, 0.2) is 235 Å². The Morgan fingerprint density at radius 3 is 1.62 bits per heavy atom. The number of nitrogens with zero attached hydrogens (tertiary/aromatic N) is 2. The lowest BCUT2D eigenvalue weighted by Gasteiger charge is -2.27. The minimum Gasteiger partial charge on any atom is -0.455 e. The van der Waals surface area contributed by atoms with Gasteiger partial charge in [0.1, 0.15) is 11.2 Å². The van der Waals surface area contributed by atoms with Crippen LogP contribution >= 0.6 is 0 Å². The van der Waals surface area contributed by atoms with Gasteiger partial charge in [-0.2, -0.15) is 0 Å². The van der Waals surface area contributed by atoms with Crippen LogP contribution in [0.1, 0.15) is 0 Å². The molecule has 0 fully saturated rings. The summed E-state index contributed by atoms with van der Waals surface area (Å²) in [5.74, 6) is 0. The van der Waals surface area contributed by atoms with E-state index in [0.717, 1.165) is 61.2 Å². The van der Waals surface area contributed by atoms with Gasteiger partial charge in [0.05, 0.1) is 11.0 Å². The number of hydrogen-bond acceptors (Lipinski definition) is 2. The fourth-order valence-electron chi connectivity index (χ4n) is 9.31. The molecule has 3 nitrogen and oxygen atoms in total. The summed E-state index contributed by atoms with van der Waals surface area (Å²) in [7, 11) is 0. The third-order valence-corrected chi connectivity index (χ3v) is 12.2. The Kier molecular flexibility index (Phi) is 8.17. The van der Waals surface area contributed by atoms with Crippen LogP contribution in [0.4, 0.5) is 17.1 Å². The van der Waals surface area contributed by atoms with Crippen LogP contribution < -0.4 is 4.90 Å². The van der Waals surface area contributed by atoms with Gasteiger partial charge in [-0.1, -0.05) is 164 Å². The SMILES string of the molecule is c1ccc(-c2ccc(-c3ccc(N(c4cccc(-c5cccc6oc7c8ccccc8ccc7c56)c4)c4cccc(-n5c6ccccc6c6ccccc65)c4)cc3)cc2)cc1. The van der Waals surface area contributed by atoms with Crippen molar-refractivity contribution in [1.29, 1.82) is 0 Å². The van der Waals surface area contributed by atoms with Crippen molar-refractivity contribution < 1.29 is 4.42 Å². The second-order valence-corrected chi connectivity index (χ2v) is 15.7. The lowest BCUT2D eigenvalue weighted by atomic mass is 9.97. The van der Waals surface area contributed by atoms with Crippen LogP contribution in [-0.4, -0.2) is 4.57 Å². The highest BCUT2D eigenvalue weighted by atomic mass is 16.3. The number of hydrogen-bond donors (Lipinski definition) is 0. The van der Waals surface area contributed by atoms with E-state index in [-0.39, 0.29) is 0 Å². The van der Waals surface area contributed by atoms with Gasteiger partial charge in [0.2, 0.25) is 0 Å². The Morgan fingerprint density at radius 1 is 0.344 bits per heavy atom. The number of anilines is 3. The summed E-state index contributed by atoms with van der Waals surface area (Å²) in [5, 5.41) is 7.04. The van der Waals surface area contributed by atoms with Gasteiger partial charge in [0.15, 0.2) is 0 Å². The predicted octanol–water partition coefficient (Wildman–Crippen LogP) is 16.3. The zero-order chi connectivity index (χ0) is 40.3. The molecule has 12 rings (SSSR count). The first kappa shape index (κ1) is 34.9. The highest BCUT2D eigenvalue weighted by Gasteiger charge is 2.19. The fourth-order valence-corrected chi connectivity index (χ4v) is 9.31. The molecule has 0 saturated carbocycles. The molecule has 0 saturated heterocycles. The number of fused-ring (bicyclic) bond motifs is 8. The first-order valence-electron chi connectivity index (χ1n) is 20.8. The first-order chi connectivity index (χ1) is 30.2. The maximum absolute atomic E-state index is 6.62. The van der Waals surface area contributed by atoms with Gasteiger partial charge in [-0.05, 0) is 105 Å². The molecule has 2 heterocycles. The van der Waals surface area contributed by atoms with Crippen LogP contribution in [0.2, 0.25) is 0 Å². The molecule has 3 heteroatoms. The fraction of sp³-hybridized carbons (Fsp3) is 0. The zero-order valence-corrected chi connectivity index (χ0v) is 33.2. The van der Waals surface area contributed by atoms with Gasteiger partial charge in [0, 0.05) is 49.7 Å². The summed E-state index contributed by atoms with van der Waals surface area (Å²) in [5.41, 5.74) is 15.5. The Balaban J connectivity index is 1.00. The maximum Gasteiger partial charge on any atom is 0.143 e. The van der Waals surface area contributed by atoms with E-state index in [9.17, 15) is 0 Å². The molecule has 0 aliphatic carbocycles. The smallest absolute Gasteiger partial charge is 0.143 e. The van der Waals surface area contributed by atoms with E-state index in [4.69, 9.17) is 4.42 Å². The van der Waals surface area contributed by atoms with E-state index in [1.54, 1.807) is 0 Å². The molecule has 0 unspecified atom stereocenters. The molecule has 0 radical (unpaired) electrons. The third kappa shape index (κ3) is 5.90. The number of rotatable bonds is 7. The van der Waals surface area contributed by atoms with Crippen molar-refractivity contribution in [3.05, 3.63) is 231 Å². The van der Waals surface area contributed by atoms with Crippen molar-refractivity contribution in [2.75, 3.05) is 4.90 Å². The molecule has 10 aromatic carbocycles. The van der Waals surface area contributed by atoms with Crippen molar-refractivity contribution in [3.63, 3.8) is 0 Å². The lowest BCUT2D eigenvalue weighted by molar-refractivity contribution is 0.673. The molecule has 0 atom stereocenters. The average Bonchev–Trinajstić information content (AvgIpc) is 3.89. The van der Waals surface area contributed by atoms with Gasteiger partial charge < -0.3 is 13.9 Å².